The van der Waals surface area contributed by atoms with Crippen LogP contribution in [0, 0.1) is 6.07 Å². The van der Waals surface area contributed by atoms with Crippen molar-refractivity contribution in [3.05, 3.63) is 48.0 Å². The molecule has 3 heteroatoms. The molecule has 2 aromatic rings. The Morgan fingerprint density at radius 1 is 1.19 bits per heavy atom. The van der Waals surface area contributed by atoms with Gasteiger partial charge in [-0.2, -0.15) is 0 Å². The first-order valence-corrected chi connectivity index (χ1v) is 4.97. The summed E-state index contributed by atoms with van der Waals surface area (Å²) in [5.74, 6) is 0.0443. The molecular formula is C13H12IrNO-. The Hall–Kier alpha value is -1.18. The largest absolute Gasteiger partial charge is 0.494 e. The van der Waals surface area contributed by atoms with E-state index in [1.165, 1.54) is 0 Å². The third-order valence-electron chi connectivity index (χ3n) is 2.25. The van der Waals surface area contributed by atoms with Crippen molar-refractivity contribution in [3.8, 4) is 17.1 Å². The third kappa shape index (κ3) is 2.91. The zero-order valence-corrected chi connectivity index (χ0v) is 11.3. The van der Waals surface area contributed by atoms with Gasteiger partial charge in [-0.1, -0.05) is 19.1 Å². The van der Waals surface area contributed by atoms with Gasteiger partial charge < -0.3 is 5.11 Å². The molecule has 2 nitrogen and oxygen atoms in total. The first-order valence-electron chi connectivity index (χ1n) is 4.97. The molecule has 1 radical (unpaired) electrons. The van der Waals surface area contributed by atoms with Crippen LogP contribution in [-0.2, 0) is 26.5 Å². The van der Waals surface area contributed by atoms with E-state index in [1.807, 2.05) is 24.3 Å². The van der Waals surface area contributed by atoms with Crippen molar-refractivity contribution in [2.45, 2.75) is 13.3 Å². The minimum Gasteiger partial charge on any atom is -0.494 e. The molecule has 85 valence electrons. The molecular weight excluding hydrogens is 378 g/mol. The molecule has 0 saturated heterocycles. The number of rotatable bonds is 2. The number of aromatic hydroxyl groups is 1. The molecule has 1 aromatic carbocycles. The van der Waals surface area contributed by atoms with Gasteiger partial charge in [-0.05, 0) is 18.2 Å². The smallest absolute Gasteiger partial charge is 0.201 e. The molecule has 0 spiro atoms. The van der Waals surface area contributed by atoms with E-state index in [4.69, 9.17) is 0 Å². The number of benzene rings is 1. The average Bonchev–Trinajstić information content (AvgIpc) is 2.29. The van der Waals surface area contributed by atoms with Crippen LogP contribution in [0.5, 0.6) is 5.88 Å². The molecule has 0 atom stereocenters. The van der Waals surface area contributed by atoms with Crippen molar-refractivity contribution in [1.29, 1.82) is 0 Å². The molecule has 0 bridgehead atoms. The van der Waals surface area contributed by atoms with Crippen LogP contribution in [0.25, 0.3) is 11.3 Å². The van der Waals surface area contributed by atoms with Gasteiger partial charge in [0.2, 0.25) is 5.88 Å². The van der Waals surface area contributed by atoms with E-state index in [9.17, 15) is 5.11 Å². The quantitative estimate of drug-likeness (QED) is 0.800. The van der Waals surface area contributed by atoms with Crippen molar-refractivity contribution >= 4 is 0 Å². The van der Waals surface area contributed by atoms with E-state index in [1.54, 1.807) is 12.1 Å². The average molecular weight is 390 g/mol. The van der Waals surface area contributed by atoms with E-state index in [-0.39, 0.29) is 26.0 Å². The van der Waals surface area contributed by atoms with Gasteiger partial charge in [-0.3, -0.25) is 4.98 Å². The van der Waals surface area contributed by atoms with E-state index < -0.39 is 0 Å². The number of aryl methyl sites for hydroxylation is 1. The fourth-order valence-corrected chi connectivity index (χ4v) is 1.45. The van der Waals surface area contributed by atoms with Crippen LogP contribution in [0.1, 0.15) is 12.5 Å². The zero-order valence-electron chi connectivity index (χ0n) is 8.90. The first-order chi connectivity index (χ1) is 7.29. The maximum Gasteiger partial charge on any atom is 0.201 e. The summed E-state index contributed by atoms with van der Waals surface area (Å²) in [6.07, 6.45) is 0.951. The number of pyridine rings is 1. The van der Waals surface area contributed by atoms with Crippen LogP contribution in [0.4, 0.5) is 0 Å². The Kier molecular flexibility index (Phi) is 4.66. The summed E-state index contributed by atoms with van der Waals surface area (Å²) in [6.45, 7) is 2.09. The SMILES string of the molecule is CCc1[c-]c(-c2cccc(O)n2)ccc1.[Ir]. The summed E-state index contributed by atoms with van der Waals surface area (Å²) in [5.41, 5.74) is 2.83. The van der Waals surface area contributed by atoms with E-state index in [2.05, 4.69) is 18.0 Å². The second kappa shape index (κ2) is 5.78. The molecule has 0 fully saturated rings. The van der Waals surface area contributed by atoms with Crippen LogP contribution in [0.2, 0.25) is 0 Å². The van der Waals surface area contributed by atoms with Gasteiger partial charge >= 0.3 is 0 Å². The van der Waals surface area contributed by atoms with E-state index in [0.29, 0.717) is 0 Å². The van der Waals surface area contributed by atoms with Crippen LogP contribution in [0.15, 0.2) is 36.4 Å². The summed E-state index contributed by atoms with van der Waals surface area (Å²) >= 11 is 0. The van der Waals surface area contributed by atoms with Crippen LogP contribution in [0.3, 0.4) is 0 Å². The molecule has 0 amide bonds. The molecule has 0 aliphatic carbocycles. The summed E-state index contributed by atoms with van der Waals surface area (Å²) in [7, 11) is 0. The topological polar surface area (TPSA) is 33.1 Å². The third-order valence-corrected chi connectivity index (χ3v) is 2.25. The molecule has 0 aliphatic rings. The molecule has 1 heterocycles. The Morgan fingerprint density at radius 2 is 1.94 bits per heavy atom. The van der Waals surface area contributed by atoms with Gasteiger partial charge in [-0.15, -0.1) is 35.4 Å². The molecule has 1 N–H and O–H groups in total. The number of aromatic nitrogens is 1. The van der Waals surface area contributed by atoms with Crippen molar-refractivity contribution in [2.75, 3.05) is 0 Å². The predicted octanol–water partition coefficient (Wildman–Crippen LogP) is 2.81. The normalized spacial score (nSPS) is 9.56. The van der Waals surface area contributed by atoms with Crippen molar-refractivity contribution in [3.63, 3.8) is 0 Å². The maximum atomic E-state index is 9.28. The molecule has 0 aliphatic heterocycles. The summed E-state index contributed by atoms with van der Waals surface area (Å²) < 4.78 is 0. The first kappa shape index (κ1) is 12.9. The summed E-state index contributed by atoms with van der Waals surface area (Å²) in [4.78, 5) is 4.04. The van der Waals surface area contributed by atoms with Crippen molar-refractivity contribution < 1.29 is 25.2 Å². The molecule has 1 aromatic heterocycles. The Balaban J connectivity index is 0.00000128. The molecule has 0 saturated carbocycles. The second-order valence-corrected chi connectivity index (χ2v) is 3.32. The second-order valence-electron chi connectivity index (χ2n) is 3.32. The van der Waals surface area contributed by atoms with Crippen LogP contribution < -0.4 is 0 Å². The van der Waals surface area contributed by atoms with E-state index in [0.717, 1.165) is 23.2 Å². The number of nitrogens with zero attached hydrogens (tertiary/aromatic N) is 1. The van der Waals surface area contributed by atoms with Gasteiger partial charge in [0.1, 0.15) is 0 Å². The standard InChI is InChI=1S/C13H12NO.Ir/c1-2-10-5-3-6-11(9-10)12-7-4-8-13(15)14-12;/h3-8H,2H2,1H3,(H,14,15);/q-1;. The fraction of sp³-hybridized carbons (Fsp3) is 0.154. The van der Waals surface area contributed by atoms with Crippen LogP contribution >= 0.6 is 0 Å². The van der Waals surface area contributed by atoms with E-state index >= 15 is 0 Å². The van der Waals surface area contributed by atoms with Gasteiger partial charge in [0, 0.05) is 20.1 Å². The Morgan fingerprint density at radius 3 is 2.62 bits per heavy atom. The van der Waals surface area contributed by atoms with Gasteiger partial charge in [-0.25, -0.2) is 0 Å². The Labute approximate surface area is 109 Å². The van der Waals surface area contributed by atoms with Gasteiger partial charge in [0.05, 0.1) is 0 Å². The van der Waals surface area contributed by atoms with Gasteiger partial charge in [0.15, 0.2) is 0 Å². The summed E-state index contributed by atoms with van der Waals surface area (Å²) in [5, 5.41) is 9.28. The molecule has 0 unspecified atom stereocenters. The van der Waals surface area contributed by atoms with Gasteiger partial charge in [0.25, 0.3) is 0 Å². The van der Waals surface area contributed by atoms with Crippen molar-refractivity contribution in [2.24, 2.45) is 0 Å². The minimum atomic E-state index is 0. The molecule has 16 heavy (non-hydrogen) atoms. The van der Waals surface area contributed by atoms with Crippen LogP contribution in [-0.4, -0.2) is 10.1 Å². The van der Waals surface area contributed by atoms with Crippen molar-refractivity contribution in [1.82, 2.24) is 4.98 Å². The number of hydrogen-bond acceptors (Lipinski definition) is 2. The maximum absolute atomic E-state index is 9.28. The Bertz CT molecular complexity index is 471. The predicted molar refractivity (Wildman–Crippen MR) is 59.6 cm³/mol. The number of hydrogen-bond donors (Lipinski definition) is 1. The zero-order chi connectivity index (χ0) is 10.7. The minimum absolute atomic E-state index is 0. The summed E-state index contributed by atoms with van der Waals surface area (Å²) in [6, 6.07) is 14.4. The fourth-order valence-electron chi connectivity index (χ4n) is 1.45. The monoisotopic (exact) mass is 391 g/mol. The molecule has 2 rings (SSSR count).